The Labute approximate surface area is 346 Å². The maximum atomic E-state index is 9.72. The predicted molar refractivity (Wildman–Crippen MR) is 249 cm³/mol. The van der Waals surface area contributed by atoms with Crippen LogP contribution in [0.2, 0.25) is 0 Å². The van der Waals surface area contributed by atoms with Crippen molar-refractivity contribution in [3.63, 3.8) is 0 Å². The second-order valence-corrected chi connectivity index (χ2v) is 15.0. The Bertz CT molecular complexity index is 3780. The second-order valence-electron chi connectivity index (χ2n) is 15.0. The van der Waals surface area contributed by atoms with Gasteiger partial charge in [-0.3, -0.25) is 0 Å². The fourth-order valence-corrected chi connectivity index (χ4v) is 8.78. The van der Waals surface area contributed by atoms with E-state index in [1.165, 1.54) is 0 Å². The van der Waals surface area contributed by atoms with Crippen molar-refractivity contribution in [1.82, 2.24) is 4.57 Å². The van der Waals surface area contributed by atoms with Gasteiger partial charge in [-0.25, -0.2) is 0 Å². The van der Waals surface area contributed by atoms with E-state index < -0.39 is 0 Å². The molecule has 0 saturated carbocycles. The molecular formula is C56H36N2O. The molecule has 2 heterocycles. The molecule has 0 aliphatic heterocycles. The molecule has 12 aromatic rings. The Balaban J connectivity index is 1.06. The van der Waals surface area contributed by atoms with Crippen LogP contribution in [0.25, 0.3) is 93.2 Å². The minimum atomic E-state index is -0.0792. The fraction of sp³-hybridized carbons (Fsp3) is 0. The summed E-state index contributed by atoms with van der Waals surface area (Å²) in [6, 6.07) is 66.3. The van der Waals surface area contributed by atoms with E-state index in [2.05, 4.69) is 131 Å². The third kappa shape index (κ3) is 5.51. The molecule has 0 atom stereocenters. The lowest BCUT2D eigenvalue weighted by atomic mass is 9.98. The van der Waals surface area contributed by atoms with Crippen molar-refractivity contribution < 1.29 is 9.90 Å². The Morgan fingerprint density at radius 2 is 1.03 bits per heavy atom. The lowest BCUT2D eigenvalue weighted by molar-refractivity contribution is 0.669. The van der Waals surface area contributed by atoms with E-state index in [-0.39, 0.29) is 29.8 Å². The summed E-state index contributed by atoms with van der Waals surface area (Å²) in [4.78, 5) is 2.12. The van der Waals surface area contributed by atoms with Gasteiger partial charge in [0.2, 0.25) is 0 Å². The number of nitrogens with zero attached hydrogens (tertiary/aromatic N) is 2. The number of hydrogen-bond acceptors (Lipinski definition) is 2. The maximum absolute atomic E-state index is 9.72. The number of fused-ring (bicyclic) bond motifs is 9. The summed E-state index contributed by atoms with van der Waals surface area (Å²) in [6.07, 6.45) is 0. The minimum absolute atomic E-state index is 0.0317. The molecule has 10 aromatic carbocycles. The van der Waals surface area contributed by atoms with E-state index in [1.807, 2.05) is 66.7 Å². The smallest absolute Gasteiger partial charge is 0.136 e. The van der Waals surface area contributed by atoms with Crippen LogP contribution in [0, 0.1) is 0 Å². The van der Waals surface area contributed by atoms with Crippen LogP contribution in [-0.2, 0) is 0 Å². The zero-order valence-electron chi connectivity index (χ0n) is 35.8. The van der Waals surface area contributed by atoms with Crippen LogP contribution in [0.1, 0.15) is 5.48 Å². The number of rotatable bonds is 6. The van der Waals surface area contributed by atoms with Crippen molar-refractivity contribution in [1.29, 1.82) is 0 Å². The average molecular weight is 757 g/mol. The van der Waals surface area contributed by atoms with Crippen LogP contribution in [0.15, 0.2) is 223 Å². The third-order valence-corrected chi connectivity index (χ3v) is 11.6. The number of benzene rings is 10. The zero-order chi connectivity index (χ0) is 42.3. The molecule has 0 spiro atoms. The molecule has 0 aliphatic carbocycles. The molecule has 2 aromatic heterocycles. The van der Waals surface area contributed by atoms with E-state index in [9.17, 15) is 5.48 Å². The molecule has 0 bridgehead atoms. The molecule has 0 aliphatic rings. The lowest BCUT2D eigenvalue weighted by Gasteiger charge is -2.26. The van der Waals surface area contributed by atoms with E-state index in [0.29, 0.717) is 32.8 Å². The van der Waals surface area contributed by atoms with E-state index in [0.717, 1.165) is 71.9 Å². The molecule has 3 nitrogen and oxygen atoms in total. The van der Waals surface area contributed by atoms with Gasteiger partial charge < -0.3 is 13.9 Å². The molecule has 59 heavy (non-hydrogen) atoms. The standard InChI is InChI=1S/C56H36N2O/c1-3-11-37(12-4-1)39-19-25-45(26-20-39)57(46-27-21-38-13-7-8-14-40(38)33-46)47-28-30-48-43(34-47)24-32-55-56(48)51-35-41(23-31-54(51)59-55)42-22-29-50-49-17-9-10-18-52(49)58(53(50)36-42)44-15-5-2-6-16-44/h1-36H/i24D,30D,31D,32D. The molecule has 0 unspecified atom stereocenters. The van der Waals surface area contributed by atoms with Gasteiger partial charge in [-0.15, -0.1) is 0 Å². The topological polar surface area (TPSA) is 21.3 Å². The first-order valence-electron chi connectivity index (χ1n) is 21.8. The Morgan fingerprint density at radius 1 is 0.373 bits per heavy atom. The molecular weight excluding hydrogens is 717 g/mol. The summed E-state index contributed by atoms with van der Waals surface area (Å²) in [5.74, 6) is 0. The van der Waals surface area contributed by atoms with E-state index in [1.54, 1.807) is 6.07 Å². The van der Waals surface area contributed by atoms with Crippen LogP contribution in [0.4, 0.5) is 17.1 Å². The number of hydrogen-bond donors (Lipinski definition) is 0. The Morgan fingerprint density at radius 3 is 1.90 bits per heavy atom. The largest absolute Gasteiger partial charge is 0.456 e. The maximum Gasteiger partial charge on any atom is 0.136 e. The van der Waals surface area contributed by atoms with Gasteiger partial charge in [0.05, 0.1) is 16.5 Å². The first-order chi connectivity index (χ1) is 30.9. The van der Waals surface area contributed by atoms with Gasteiger partial charge in [-0.2, -0.15) is 0 Å². The summed E-state index contributed by atoms with van der Waals surface area (Å²) in [6.45, 7) is 0. The van der Waals surface area contributed by atoms with Gasteiger partial charge in [-0.1, -0.05) is 139 Å². The van der Waals surface area contributed by atoms with Crippen LogP contribution in [0.3, 0.4) is 0 Å². The molecule has 0 radical (unpaired) electrons. The number of aromatic nitrogens is 1. The van der Waals surface area contributed by atoms with E-state index >= 15 is 0 Å². The third-order valence-electron chi connectivity index (χ3n) is 11.6. The SMILES string of the molecule is [2H]c1c([2H])c2oc3c([2H])cc(-c4ccc5c6ccccc6n(-c6ccccc6)c5c4)cc3c2c2c([2H])cc(N(c3ccc(-c4ccccc4)cc3)c3ccc4ccccc4c3)cc12. The lowest BCUT2D eigenvalue weighted by Crippen LogP contribution is -2.09. The predicted octanol–water partition coefficient (Wildman–Crippen LogP) is 15.8. The molecule has 0 amide bonds. The van der Waals surface area contributed by atoms with Gasteiger partial charge in [-0.05, 0) is 123 Å². The monoisotopic (exact) mass is 756 g/mol. The number of para-hydroxylation sites is 2. The normalized spacial score (nSPS) is 12.7. The van der Waals surface area contributed by atoms with Gasteiger partial charge in [0, 0.05) is 44.3 Å². The minimum Gasteiger partial charge on any atom is -0.456 e. The van der Waals surface area contributed by atoms with Gasteiger partial charge >= 0.3 is 0 Å². The highest BCUT2D eigenvalue weighted by atomic mass is 16.3. The van der Waals surface area contributed by atoms with Crippen molar-refractivity contribution in [2.45, 2.75) is 0 Å². The van der Waals surface area contributed by atoms with Crippen molar-refractivity contribution in [2.24, 2.45) is 0 Å². The summed E-state index contributed by atoms with van der Waals surface area (Å²) in [5.41, 5.74) is 10.2. The fourth-order valence-electron chi connectivity index (χ4n) is 8.78. The summed E-state index contributed by atoms with van der Waals surface area (Å²) >= 11 is 0. The molecule has 276 valence electrons. The highest BCUT2D eigenvalue weighted by Gasteiger charge is 2.18. The van der Waals surface area contributed by atoms with Gasteiger partial charge in [0.25, 0.3) is 0 Å². The quantitative estimate of drug-likeness (QED) is 0.168. The number of furan rings is 1. The van der Waals surface area contributed by atoms with Crippen LogP contribution in [0.5, 0.6) is 0 Å². The second kappa shape index (κ2) is 13.4. The Kier molecular flexibility index (Phi) is 6.65. The average Bonchev–Trinajstić information content (AvgIpc) is 3.88. The molecule has 0 saturated heterocycles. The van der Waals surface area contributed by atoms with Crippen molar-refractivity contribution in [3.05, 3.63) is 218 Å². The van der Waals surface area contributed by atoms with Crippen LogP contribution < -0.4 is 4.90 Å². The van der Waals surface area contributed by atoms with Crippen molar-refractivity contribution in [3.8, 4) is 27.9 Å². The highest BCUT2D eigenvalue weighted by molar-refractivity contribution is 6.20. The number of anilines is 3. The van der Waals surface area contributed by atoms with Crippen LogP contribution >= 0.6 is 0 Å². The summed E-state index contributed by atoms with van der Waals surface area (Å²) < 4.78 is 46.3. The zero-order valence-corrected chi connectivity index (χ0v) is 31.8. The van der Waals surface area contributed by atoms with Crippen molar-refractivity contribution >= 4 is 82.4 Å². The first-order valence-corrected chi connectivity index (χ1v) is 19.8. The molecule has 0 fully saturated rings. The molecule has 12 rings (SSSR count). The summed E-state index contributed by atoms with van der Waals surface area (Å²) in [5, 5.41) is 6.68. The highest BCUT2D eigenvalue weighted by Crippen LogP contribution is 2.42. The summed E-state index contributed by atoms with van der Waals surface area (Å²) in [7, 11) is 0. The van der Waals surface area contributed by atoms with Gasteiger partial charge in [0.1, 0.15) is 11.2 Å². The van der Waals surface area contributed by atoms with Crippen LogP contribution in [-0.4, -0.2) is 4.57 Å². The van der Waals surface area contributed by atoms with E-state index in [4.69, 9.17) is 4.42 Å². The Hall–Kier alpha value is -7.88. The first kappa shape index (κ1) is 29.4. The molecule has 0 N–H and O–H groups in total. The molecule has 3 heteroatoms. The van der Waals surface area contributed by atoms with Crippen molar-refractivity contribution in [2.75, 3.05) is 4.90 Å². The van der Waals surface area contributed by atoms with Gasteiger partial charge in [0.15, 0.2) is 0 Å².